The Labute approximate surface area is 69.6 Å². The molecule has 1 fully saturated rings. The molecule has 0 amide bonds. The molecule has 1 rings (SSSR count). The van der Waals surface area contributed by atoms with Gasteiger partial charge in [0.25, 0.3) is 0 Å². The molecule has 1 N–H and O–H groups in total. The van der Waals surface area contributed by atoms with E-state index in [-0.39, 0.29) is 0 Å². The highest BCUT2D eigenvalue weighted by molar-refractivity contribution is 4.83. The standard InChI is InChI=1S/C10H17N/c1-2-3-4-5-9-11-10-7-6-8-10/h1,10-11H,3-9H2. The summed E-state index contributed by atoms with van der Waals surface area (Å²) in [5.74, 6) is 2.66. The number of rotatable bonds is 5. The van der Waals surface area contributed by atoms with Crippen molar-refractivity contribution in [1.29, 1.82) is 0 Å². The number of hydrogen-bond donors (Lipinski definition) is 1. The van der Waals surface area contributed by atoms with Crippen LogP contribution in [0, 0.1) is 12.3 Å². The van der Waals surface area contributed by atoms with Crippen LogP contribution in [0.3, 0.4) is 0 Å². The first kappa shape index (κ1) is 8.62. The molecule has 1 saturated carbocycles. The van der Waals surface area contributed by atoms with E-state index in [1.165, 1.54) is 32.1 Å². The molecule has 0 aromatic heterocycles. The summed E-state index contributed by atoms with van der Waals surface area (Å²) in [5.41, 5.74) is 0. The summed E-state index contributed by atoms with van der Waals surface area (Å²) in [5, 5.41) is 3.51. The van der Waals surface area contributed by atoms with E-state index in [0.29, 0.717) is 0 Å². The molecule has 0 atom stereocenters. The van der Waals surface area contributed by atoms with Crippen molar-refractivity contribution in [3.8, 4) is 12.3 Å². The zero-order valence-corrected chi connectivity index (χ0v) is 7.10. The summed E-state index contributed by atoms with van der Waals surface area (Å²) in [6.45, 7) is 1.16. The lowest BCUT2D eigenvalue weighted by Gasteiger charge is -2.26. The molecule has 0 spiro atoms. The third kappa shape index (κ3) is 3.43. The van der Waals surface area contributed by atoms with Crippen LogP contribution in [-0.4, -0.2) is 12.6 Å². The summed E-state index contributed by atoms with van der Waals surface area (Å²) in [6.07, 6.45) is 12.7. The lowest BCUT2D eigenvalue weighted by molar-refractivity contribution is 0.338. The van der Waals surface area contributed by atoms with E-state index in [9.17, 15) is 0 Å². The van der Waals surface area contributed by atoms with Gasteiger partial charge in [0.05, 0.1) is 0 Å². The van der Waals surface area contributed by atoms with Crippen LogP contribution >= 0.6 is 0 Å². The van der Waals surface area contributed by atoms with Gasteiger partial charge in [-0.05, 0) is 32.2 Å². The number of terminal acetylenes is 1. The predicted molar refractivity (Wildman–Crippen MR) is 48.3 cm³/mol. The first-order chi connectivity index (χ1) is 5.43. The Morgan fingerprint density at radius 3 is 2.73 bits per heavy atom. The topological polar surface area (TPSA) is 12.0 Å². The molecule has 62 valence electrons. The molecule has 11 heavy (non-hydrogen) atoms. The summed E-state index contributed by atoms with van der Waals surface area (Å²) in [7, 11) is 0. The molecule has 0 heterocycles. The minimum absolute atomic E-state index is 0.834. The largest absolute Gasteiger partial charge is 0.314 e. The summed E-state index contributed by atoms with van der Waals surface area (Å²) < 4.78 is 0. The molecule has 0 bridgehead atoms. The Hall–Kier alpha value is -0.480. The predicted octanol–water partition coefficient (Wildman–Crippen LogP) is 1.93. The maximum absolute atomic E-state index is 5.14. The van der Waals surface area contributed by atoms with Crippen LogP contribution in [0.5, 0.6) is 0 Å². The normalized spacial score (nSPS) is 17.4. The minimum Gasteiger partial charge on any atom is -0.314 e. The Bertz CT molecular complexity index is 130. The highest BCUT2D eigenvalue weighted by atomic mass is 14.9. The SMILES string of the molecule is C#CCCCCNC1CCC1. The van der Waals surface area contributed by atoms with E-state index in [1.807, 2.05) is 0 Å². The Balaban J connectivity index is 1.77. The molecular formula is C10H17N. The second-order valence-corrected chi connectivity index (χ2v) is 3.24. The molecule has 1 nitrogen and oxygen atoms in total. The van der Waals surface area contributed by atoms with Crippen LogP contribution in [-0.2, 0) is 0 Å². The smallest absolute Gasteiger partial charge is 0.00865 e. The third-order valence-electron chi connectivity index (χ3n) is 2.29. The van der Waals surface area contributed by atoms with Gasteiger partial charge in [-0.1, -0.05) is 6.42 Å². The van der Waals surface area contributed by atoms with Gasteiger partial charge in [-0.3, -0.25) is 0 Å². The molecule has 0 aromatic rings. The highest BCUT2D eigenvalue weighted by Crippen LogP contribution is 2.17. The highest BCUT2D eigenvalue weighted by Gasteiger charge is 2.15. The fourth-order valence-corrected chi connectivity index (χ4v) is 1.27. The quantitative estimate of drug-likeness (QED) is 0.467. The van der Waals surface area contributed by atoms with Crippen molar-refractivity contribution in [2.24, 2.45) is 0 Å². The molecule has 1 aliphatic carbocycles. The van der Waals surface area contributed by atoms with Crippen molar-refractivity contribution in [2.45, 2.75) is 44.6 Å². The van der Waals surface area contributed by atoms with Gasteiger partial charge in [0.15, 0.2) is 0 Å². The van der Waals surface area contributed by atoms with Crippen molar-refractivity contribution in [3.05, 3.63) is 0 Å². The Morgan fingerprint density at radius 1 is 1.36 bits per heavy atom. The fraction of sp³-hybridized carbons (Fsp3) is 0.800. The molecule has 0 unspecified atom stereocenters. The zero-order valence-electron chi connectivity index (χ0n) is 7.10. The van der Waals surface area contributed by atoms with E-state index >= 15 is 0 Å². The summed E-state index contributed by atoms with van der Waals surface area (Å²) >= 11 is 0. The van der Waals surface area contributed by atoms with Gasteiger partial charge in [-0.25, -0.2) is 0 Å². The van der Waals surface area contributed by atoms with E-state index in [2.05, 4.69) is 11.2 Å². The lowest BCUT2D eigenvalue weighted by atomic mass is 9.93. The second-order valence-electron chi connectivity index (χ2n) is 3.24. The van der Waals surface area contributed by atoms with E-state index in [0.717, 1.165) is 19.0 Å². The summed E-state index contributed by atoms with van der Waals surface area (Å²) in [4.78, 5) is 0. The van der Waals surface area contributed by atoms with Gasteiger partial charge in [0, 0.05) is 12.5 Å². The first-order valence-corrected chi connectivity index (χ1v) is 4.60. The van der Waals surface area contributed by atoms with E-state index in [1.54, 1.807) is 0 Å². The van der Waals surface area contributed by atoms with Gasteiger partial charge in [0.2, 0.25) is 0 Å². The number of hydrogen-bond acceptors (Lipinski definition) is 1. The van der Waals surface area contributed by atoms with Gasteiger partial charge in [-0.2, -0.15) is 0 Å². The molecule has 0 saturated heterocycles. The van der Waals surface area contributed by atoms with Gasteiger partial charge in [-0.15, -0.1) is 12.3 Å². The molecular weight excluding hydrogens is 134 g/mol. The van der Waals surface area contributed by atoms with Gasteiger partial charge in [0.1, 0.15) is 0 Å². The van der Waals surface area contributed by atoms with E-state index in [4.69, 9.17) is 6.42 Å². The van der Waals surface area contributed by atoms with Crippen molar-refractivity contribution < 1.29 is 0 Å². The van der Waals surface area contributed by atoms with Crippen LogP contribution in [0.15, 0.2) is 0 Å². The average Bonchev–Trinajstić information content (AvgIpc) is 1.93. The van der Waals surface area contributed by atoms with Gasteiger partial charge >= 0.3 is 0 Å². The molecule has 0 aliphatic heterocycles. The number of nitrogens with one attached hydrogen (secondary N) is 1. The zero-order chi connectivity index (χ0) is 7.94. The molecule has 1 heteroatoms. The van der Waals surface area contributed by atoms with E-state index < -0.39 is 0 Å². The monoisotopic (exact) mass is 151 g/mol. The van der Waals surface area contributed by atoms with Crippen molar-refractivity contribution in [2.75, 3.05) is 6.54 Å². The lowest BCUT2D eigenvalue weighted by Crippen LogP contribution is -2.35. The fourth-order valence-electron chi connectivity index (χ4n) is 1.27. The maximum atomic E-state index is 5.14. The Morgan fingerprint density at radius 2 is 2.18 bits per heavy atom. The van der Waals surface area contributed by atoms with Crippen LogP contribution in [0.25, 0.3) is 0 Å². The number of unbranched alkanes of at least 4 members (excludes halogenated alkanes) is 2. The summed E-state index contributed by atoms with van der Waals surface area (Å²) in [6, 6.07) is 0.834. The van der Waals surface area contributed by atoms with Crippen LogP contribution in [0.1, 0.15) is 38.5 Å². The Kier molecular flexibility index (Phi) is 4.08. The maximum Gasteiger partial charge on any atom is 0.00865 e. The average molecular weight is 151 g/mol. The molecule has 1 aliphatic rings. The van der Waals surface area contributed by atoms with Gasteiger partial charge < -0.3 is 5.32 Å². The second kappa shape index (κ2) is 5.21. The minimum atomic E-state index is 0.834. The molecule has 0 radical (unpaired) electrons. The van der Waals surface area contributed by atoms with Crippen molar-refractivity contribution in [1.82, 2.24) is 5.32 Å². The third-order valence-corrected chi connectivity index (χ3v) is 2.29. The van der Waals surface area contributed by atoms with Crippen LogP contribution in [0.4, 0.5) is 0 Å². The van der Waals surface area contributed by atoms with Crippen molar-refractivity contribution >= 4 is 0 Å². The molecule has 0 aromatic carbocycles. The van der Waals surface area contributed by atoms with Crippen molar-refractivity contribution in [3.63, 3.8) is 0 Å². The first-order valence-electron chi connectivity index (χ1n) is 4.60. The van der Waals surface area contributed by atoms with Crippen LogP contribution < -0.4 is 5.32 Å². The van der Waals surface area contributed by atoms with Crippen LogP contribution in [0.2, 0.25) is 0 Å².